The SMILES string of the molecule is O=C(CSc1nnnn1-c1ccc(Cl)cc1)Nc1nccs1. The number of nitrogens with one attached hydrogen (secondary N) is 1. The molecule has 0 fully saturated rings. The summed E-state index contributed by atoms with van der Waals surface area (Å²) in [5, 5.41) is 17.7. The van der Waals surface area contributed by atoms with Crippen LogP contribution in [0.4, 0.5) is 5.13 Å². The molecule has 0 aliphatic rings. The van der Waals surface area contributed by atoms with Crippen molar-refractivity contribution in [2.75, 3.05) is 11.1 Å². The van der Waals surface area contributed by atoms with E-state index in [1.807, 2.05) is 0 Å². The number of anilines is 1. The zero-order valence-electron chi connectivity index (χ0n) is 11.0. The molecule has 1 N–H and O–H groups in total. The first-order valence-corrected chi connectivity index (χ1v) is 8.33. The highest BCUT2D eigenvalue weighted by Crippen LogP contribution is 2.20. The molecule has 0 aliphatic heterocycles. The molecule has 0 saturated heterocycles. The fourth-order valence-corrected chi connectivity index (χ4v) is 2.95. The minimum atomic E-state index is -0.161. The van der Waals surface area contributed by atoms with Crippen molar-refractivity contribution < 1.29 is 4.79 Å². The Bertz CT molecular complexity index is 758. The number of carbonyl (C=O) groups is 1. The van der Waals surface area contributed by atoms with Gasteiger partial charge in [-0.2, -0.15) is 4.68 Å². The first kappa shape index (κ1) is 14.9. The molecule has 0 unspecified atom stereocenters. The number of aromatic nitrogens is 5. The van der Waals surface area contributed by atoms with Crippen LogP contribution in [0, 0.1) is 0 Å². The van der Waals surface area contributed by atoms with E-state index in [0.29, 0.717) is 15.3 Å². The fourth-order valence-electron chi connectivity index (χ4n) is 1.58. The van der Waals surface area contributed by atoms with Gasteiger partial charge in [0, 0.05) is 16.6 Å². The molecule has 3 aromatic rings. The number of benzene rings is 1. The van der Waals surface area contributed by atoms with Crippen molar-refractivity contribution >= 4 is 45.7 Å². The minimum Gasteiger partial charge on any atom is -0.301 e. The average molecular weight is 353 g/mol. The molecule has 1 amide bonds. The molecule has 0 spiro atoms. The van der Waals surface area contributed by atoms with Crippen LogP contribution in [0.25, 0.3) is 5.69 Å². The fraction of sp³-hybridized carbons (Fsp3) is 0.0833. The van der Waals surface area contributed by atoms with E-state index >= 15 is 0 Å². The maximum Gasteiger partial charge on any atom is 0.236 e. The number of amides is 1. The number of nitrogens with zero attached hydrogens (tertiary/aromatic N) is 5. The molecule has 0 saturated carbocycles. The first-order valence-electron chi connectivity index (χ1n) is 6.09. The Balaban J connectivity index is 1.65. The van der Waals surface area contributed by atoms with E-state index in [0.717, 1.165) is 5.69 Å². The molecule has 10 heteroatoms. The van der Waals surface area contributed by atoms with Crippen LogP contribution < -0.4 is 5.32 Å². The molecular formula is C12H9ClN6OS2. The van der Waals surface area contributed by atoms with Gasteiger partial charge in [0.05, 0.1) is 11.4 Å². The van der Waals surface area contributed by atoms with Crippen LogP contribution >= 0.6 is 34.7 Å². The summed E-state index contributed by atoms with van der Waals surface area (Å²) in [6.07, 6.45) is 1.63. The smallest absolute Gasteiger partial charge is 0.236 e. The molecule has 0 aliphatic carbocycles. The molecule has 22 heavy (non-hydrogen) atoms. The third kappa shape index (κ3) is 3.62. The highest BCUT2D eigenvalue weighted by atomic mass is 35.5. The molecular weight excluding hydrogens is 344 g/mol. The zero-order chi connectivity index (χ0) is 15.4. The van der Waals surface area contributed by atoms with Crippen LogP contribution in [0.3, 0.4) is 0 Å². The van der Waals surface area contributed by atoms with Gasteiger partial charge in [0.15, 0.2) is 5.13 Å². The summed E-state index contributed by atoms with van der Waals surface area (Å²) in [4.78, 5) is 15.8. The molecule has 2 aromatic heterocycles. The van der Waals surface area contributed by atoms with Crippen molar-refractivity contribution in [2.45, 2.75) is 5.16 Å². The van der Waals surface area contributed by atoms with Crippen LogP contribution in [0.5, 0.6) is 0 Å². The van der Waals surface area contributed by atoms with Gasteiger partial charge in [0.2, 0.25) is 11.1 Å². The maximum atomic E-state index is 11.8. The van der Waals surface area contributed by atoms with Gasteiger partial charge >= 0.3 is 0 Å². The van der Waals surface area contributed by atoms with Crippen molar-refractivity contribution in [3.05, 3.63) is 40.9 Å². The van der Waals surface area contributed by atoms with Crippen LogP contribution in [0.1, 0.15) is 0 Å². The van der Waals surface area contributed by atoms with E-state index in [4.69, 9.17) is 11.6 Å². The van der Waals surface area contributed by atoms with Gasteiger partial charge in [-0.25, -0.2) is 4.98 Å². The lowest BCUT2D eigenvalue weighted by molar-refractivity contribution is -0.113. The van der Waals surface area contributed by atoms with Crippen LogP contribution in [-0.2, 0) is 4.79 Å². The van der Waals surface area contributed by atoms with Crippen molar-refractivity contribution in [1.29, 1.82) is 0 Å². The minimum absolute atomic E-state index is 0.161. The van der Waals surface area contributed by atoms with Gasteiger partial charge in [-0.3, -0.25) is 4.79 Å². The molecule has 3 rings (SSSR count). The van der Waals surface area contributed by atoms with E-state index < -0.39 is 0 Å². The summed E-state index contributed by atoms with van der Waals surface area (Å²) in [6.45, 7) is 0. The van der Waals surface area contributed by atoms with Crippen molar-refractivity contribution in [3.8, 4) is 5.69 Å². The monoisotopic (exact) mass is 352 g/mol. The van der Waals surface area contributed by atoms with E-state index in [-0.39, 0.29) is 11.7 Å². The standard InChI is InChI=1S/C12H9ClN6OS2/c13-8-1-3-9(4-2-8)19-12(16-17-18-19)22-7-10(20)15-11-14-5-6-21-11/h1-6H,7H2,(H,14,15,20). The summed E-state index contributed by atoms with van der Waals surface area (Å²) >= 11 is 8.47. The second-order valence-electron chi connectivity index (χ2n) is 4.02. The van der Waals surface area contributed by atoms with Gasteiger partial charge in [-0.05, 0) is 34.7 Å². The molecule has 2 heterocycles. The average Bonchev–Trinajstić information content (AvgIpc) is 3.17. The summed E-state index contributed by atoms with van der Waals surface area (Å²) < 4.78 is 1.55. The Labute approximate surface area is 138 Å². The zero-order valence-corrected chi connectivity index (χ0v) is 13.4. The lowest BCUT2D eigenvalue weighted by atomic mass is 10.3. The lowest BCUT2D eigenvalue weighted by Gasteiger charge is -2.04. The van der Waals surface area contributed by atoms with Crippen LogP contribution in [0.2, 0.25) is 5.02 Å². The topological polar surface area (TPSA) is 85.6 Å². The van der Waals surface area contributed by atoms with Crippen molar-refractivity contribution in [1.82, 2.24) is 25.2 Å². The van der Waals surface area contributed by atoms with Gasteiger partial charge in [-0.15, -0.1) is 16.4 Å². The summed E-state index contributed by atoms with van der Waals surface area (Å²) in [7, 11) is 0. The molecule has 0 atom stereocenters. The van der Waals surface area contributed by atoms with Gasteiger partial charge in [0.25, 0.3) is 0 Å². The van der Waals surface area contributed by atoms with E-state index in [1.165, 1.54) is 23.1 Å². The van der Waals surface area contributed by atoms with Crippen LogP contribution in [0.15, 0.2) is 41.0 Å². The number of hydrogen-bond acceptors (Lipinski definition) is 7. The second-order valence-corrected chi connectivity index (χ2v) is 6.30. The van der Waals surface area contributed by atoms with E-state index in [1.54, 1.807) is 40.5 Å². The molecule has 112 valence electrons. The lowest BCUT2D eigenvalue weighted by Crippen LogP contribution is -2.14. The maximum absolute atomic E-state index is 11.8. The van der Waals surface area contributed by atoms with Gasteiger partial charge in [0.1, 0.15) is 0 Å². The van der Waals surface area contributed by atoms with Crippen molar-refractivity contribution in [3.63, 3.8) is 0 Å². The summed E-state index contributed by atoms with van der Waals surface area (Å²) in [5.41, 5.74) is 0.775. The number of rotatable bonds is 5. The van der Waals surface area contributed by atoms with Gasteiger partial charge < -0.3 is 5.32 Å². The Morgan fingerprint density at radius 1 is 1.36 bits per heavy atom. The number of hydrogen-bond donors (Lipinski definition) is 1. The Hall–Kier alpha value is -1.97. The summed E-state index contributed by atoms with van der Waals surface area (Å²) in [5.74, 6) is 0.0266. The van der Waals surface area contributed by atoms with E-state index in [2.05, 4.69) is 25.8 Å². The van der Waals surface area contributed by atoms with E-state index in [9.17, 15) is 4.79 Å². The molecule has 0 radical (unpaired) electrons. The number of halogens is 1. The predicted molar refractivity (Wildman–Crippen MR) is 85.6 cm³/mol. The summed E-state index contributed by atoms with van der Waals surface area (Å²) in [6, 6.07) is 7.11. The molecule has 1 aromatic carbocycles. The Morgan fingerprint density at radius 3 is 2.91 bits per heavy atom. The number of thioether (sulfide) groups is 1. The Morgan fingerprint density at radius 2 is 2.18 bits per heavy atom. The normalized spacial score (nSPS) is 10.6. The number of tetrazole rings is 1. The number of carbonyl (C=O) groups excluding carboxylic acids is 1. The highest BCUT2D eigenvalue weighted by Gasteiger charge is 2.12. The quantitative estimate of drug-likeness (QED) is 0.710. The third-order valence-corrected chi connectivity index (χ3v) is 4.38. The highest BCUT2D eigenvalue weighted by molar-refractivity contribution is 7.99. The molecule has 0 bridgehead atoms. The first-order chi connectivity index (χ1) is 10.7. The second kappa shape index (κ2) is 6.86. The Kier molecular flexibility index (Phi) is 4.66. The van der Waals surface area contributed by atoms with Gasteiger partial charge in [-0.1, -0.05) is 23.4 Å². The van der Waals surface area contributed by atoms with Crippen molar-refractivity contribution in [2.24, 2.45) is 0 Å². The molecule has 7 nitrogen and oxygen atoms in total. The largest absolute Gasteiger partial charge is 0.301 e. The predicted octanol–water partition coefficient (Wildman–Crippen LogP) is 2.50. The van der Waals surface area contributed by atoms with Crippen LogP contribution in [-0.4, -0.2) is 36.9 Å². The number of thiazole rings is 1. The third-order valence-electron chi connectivity index (χ3n) is 2.52.